The molecule has 1 rings (SSSR count). The van der Waals surface area contributed by atoms with Crippen molar-refractivity contribution in [3.8, 4) is 0 Å². The molecule has 2 heteroatoms. The first-order valence-electron chi connectivity index (χ1n) is 6.55. The number of hydrogen-bond acceptors (Lipinski definition) is 2. The van der Waals surface area contributed by atoms with E-state index < -0.39 is 0 Å². The zero-order chi connectivity index (χ0) is 11.1. The first-order chi connectivity index (χ1) is 7.24. The molecule has 0 radical (unpaired) electrons. The van der Waals surface area contributed by atoms with E-state index in [1.807, 2.05) is 0 Å². The maximum Gasteiger partial charge on any atom is 0.0469 e. The molecule has 2 nitrogen and oxygen atoms in total. The van der Waals surface area contributed by atoms with Crippen LogP contribution >= 0.6 is 0 Å². The van der Waals surface area contributed by atoms with Crippen LogP contribution in [0.15, 0.2) is 0 Å². The van der Waals surface area contributed by atoms with E-state index in [0.29, 0.717) is 0 Å². The Balaban J connectivity index is 2.33. The summed E-state index contributed by atoms with van der Waals surface area (Å²) in [6.45, 7) is 9.87. The Bertz CT molecular complexity index is 153. The Morgan fingerprint density at radius 2 is 1.87 bits per heavy atom. The summed E-state index contributed by atoms with van der Waals surface area (Å²) in [5.74, 6) is 1.67. The van der Waals surface area contributed by atoms with Crippen molar-refractivity contribution in [3.05, 3.63) is 0 Å². The van der Waals surface area contributed by atoms with Crippen LogP contribution in [0, 0.1) is 11.8 Å². The molecule has 1 aliphatic heterocycles. The second-order valence-electron chi connectivity index (χ2n) is 5.09. The Labute approximate surface area is 94.8 Å². The van der Waals surface area contributed by atoms with Crippen molar-refractivity contribution >= 4 is 0 Å². The van der Waals surface area contributed by atoms with Crippen LogP contribution in [0.25, 0.3) is 0 Å². The minimum atomic E-state index is 0.723. The summed E-state index contributed by atoms with van der Waals surface area (Å²) in [7, 11) is 0. The van der Waals surface area contributed by atoms with Crippen LogP contribution in [0.3, 0.4) is 0 Å². The topological polar surface area (TPSA) is 21.3 Å². The fraction of sp³-hybridized carbons (Fsp3) is 1.00. The summed E-state index contributed by atoms with van der Waals surface area (Å²) in [4.78, 5) is 0. The first kappa shape index (κ1) is 13.0. The summed E-state index contributed by atoms with van der Waals surface area (Å²) >= 11 is 0. The van der Waals surface area contributed by atoms with E-state index in [1.165, 1.54) is 25.7 Å². The minimum Gasteiger partial charge on any atom is -0.381 e. The molecule has 1 heterocycles. The van der Waals surface area contributed by atoms with E-state index in [0.717, 1.165) is 37.6 Å². The number of ether oxygens (including phenoxy) is 1. The molecule has 90 valence electrons. The van der Waals surface area contributed by atoms with Gasteiger partial charge in [0.05, 0.1) is 0 Å². The largest absolute Gasteiger partial charge is 0.381 e. The Morgan fingerprint density at radius 3 is 2.40 bits per heavy atom. The molecule has 1 unspecified atom stereocenters. The average Bonchev–Trinajstić information content (AvgIpc) is 2.25. The van der Waals surface area contributed by atoms with Gasteiger partial charge in [0.15, 0.2) is 0 Å². The summed E-state index contributed by atoms with van der Waals surface area (Å²) in [6, 6.07) is 0.723. The molecule has 1 atom stereocenters. The van der Waals surface area contributed by atoms with Gasteiger partial charge in [0.1, 0.15) is 0 Å². The molecule has 0 saturated carbocycles. The van der Waals surface area contributed by atoms with Crippen molar-refractivity contribution in [3.63, 3.8) is 0 Å². The van der Waals surface area contributed by atoms with Gasteiger partial charge in [-0.05, 0) is 44.1 Å². The lowest BCUT2D eigenvalue weighted by atomic mass is 9.87. The molecule has 0 aromatic heterocycles. The first-order valence-corrected chi connectivity index (χ1v) is 6.55. The van der Waals surface area contributed by atoms with E-state index >= 15 is 0 Å². The standard InChI is InChI=1S/C13H27NO/c1-4-14-13(6-5-11(2)3)12-7-9-15-10-8-12/h11-14H,4-10H2,1-3H3. The number of hydrogen-bond donors (Lipinski definition) is 1. The van der Waals surface area contributed by atoms with Gasteiger partial charge in [0.2, 0.25) is 0 Å². The molecule has 0 aromatic carbocycles. The van der Waals surface area contributed by atoms with E-state index in [-0.39, 0.29) is 0 Å². The number of rotatable bonds is 6. The van der Waals surface area contributed by atoms with Gasteiger partial charge in [-0.3, -0.25) is 0 Å². The normalized spacial score (nSPS) is 20.8. The monoisotopic (exact) mass is 213 g/mol. The molecular formula is C13H27NO. The van der Waals surface area contributed by atoms with Crippen LogP contribution in [0.1, 0.15) is 46.5 Å². The third-order valence-corrected chi connectivity index (χ3v) is 3.36. The van der Waals surface area contributed by atoms with E-state index in [1.54, 1.807) is 0 Å². The van der Waals surface area contributed by atoms with Gasteiger partial charge >= 0.3 is 0 Å². The van der Waals surface area contributed by atoms with Gasteiger partial charge < -0.3 is 10.1 Å². The van der Waals surface area contributed by atoms with Crippen molar-refractivity contribution in [1.29, 1.82) is 0 Å². The van der Waals surface area contributed by atoms with E-state index in [9.17, 15) is 0 Å². The van der Waals surface area contributed by atoms with Gasteiger partial charge in [-0.15, -0.1) is 0 Å². The molecule has 0 bridgehead atoms. The molecular weight excluding hydrogens is 186 g/mol. The molecule has 0 spiro atoms. The Hall–Kier alpha value is -0.0800. The van der Waals surface area contributed by atoms with Gasteiger partial charge in [-0.1, -0.05) is 20.8 Å². The zero-order valence-electron chi connectivity index (χ0n) is 10.6. The van der Waals surface area contributed by atoms with Crippen LogP contribution in [-0.4, -0.2) is 25.8 Å². The molecule has 15 heavy (non-hydrogen) atoms. The van der Waals surface area contributed by atoms with Crippen molar-refractivity contribution in [2.75, 3.05) is 19.8 Å². The highest BCUT2D eigenvalue weighted by molar-refractivity contribution is 4.78. The van der Waals surface area contributed by atoms with Gasteiger partial charge in [0, 0.05) is 19.3 Å². The van der Waals surface area contributed by atoms with Crippen molar-refractivity contribution in [2.24, 2.45) is 11.8 Å². The molecule has 1 fully saturated rings. The Kier molecular flexibility index (Phi) is 6.26. The lowest BCUT2D eigenvalue weighted by Gasteiger charge is -2.31. The fourth-order valence-corrected chi connectivity index (χ4v) is 2.40. The van der Waals surface area contributed by atoms with Crippen LogP contribution in [0.4, 0.5) is 0 Å². The lowest BCUT2D eigenvalue weighted by molar-refractivity contribution is 0.0521. The molecule has 1 N–H and O–H groups in total. The third-order valence-electron chi connectivity index (χ3n) is 3.36. The summed E-state index contributed by atoms with van der Waals surface area (Å²) in [5.41, 5.74) is 0. The van der Waals surface area contributed by atoms with Crippen molar-refractivity contribution < 1.29 is 4.74 Å². The molecule has 0 aromatic rings. The highest BCUT2D eigenvalue weighted by atomic mass is 16.5. The third kappa shape index (κ3) is 4.98. The summed E-state index contributed by atoms with van der Waals surface area (Å²) in [5, 5.41) is 3.65. The average molecular weight is 213 g/mol. The maximum absolute atomic E-state index is 5.43. The quantitative estimate of drug-likeness (QED) is 0.732. The zero-order valence-corrected chi connectivity index (χ0v) is 10.6. The molecule has 0 amide bonds. The highest BCUT2D eigenvalue weighted by Gasteiger charge is 2.22. The van der Waals surface area contributed by atoms with E-state index in [4.69, 9.17) is 4.74 Å². The van der Waals surface area contributed by atoms with Crippen LogP contribution < -0.4 is 5.32 Å². The SMILES string of the molecule is CCNC(CCC(C)C)C1CCOCC1. The number of nitrogens with one attached hydrogen (secondary N) is 1. The fourth-order valence-electron chi connectivity index (χ4n) is 2.40. The summed E-state index contributed by atoms with van der Waals surface area (Å²) in [6.07, 6.45) is 5.16. The van der Waals surface area contributed by atoms with Crippen LogP contribution in [-0.2, 0) is 4.74 Å². The molecule has 1 saturated heterocycles. The molecule has 0 aliphatic carbocycles. The van der Waals surface area contributed by atoms with Gasteiger partial charge in [-0.2, -0.15) is 0 Å². The second-order valence-corrected chi connectivity index (χ2v) is 5.09. The smallest absolute Gasteiger partial charge is 0.0469 e. The molecule has 1 aliphatic rings. The lowest BCUT2D eigenvalue weighted by Crippen LogP contribution is -2.39. The minimum absolute atomic E-state index is 0.723. The predicted molar refractivity (Wildman–Crippen MR) is 65.1 cm³/mol. The summed E-state index contributed by atoms with van der Waals surface area (Å²) < 4.78 is 5.43. The van der Waals surface area contributed by atoms with E-state index in [2.05, 4.69) is 26.1 Å². The predicted octanol–water partition coefficient (Wildman–Crippen LogP) is 2.83. The van der Waals surface area contributed by atoms with Crippen LogP contribution in [0.2, 0.25) is 0 Å². The van der Waals surface area contributed by atoms with Crippen molar-refractivity contribution in [1.82, 2.24) is 5.32 Å². The van der Waals surface area contributed by atoms with Crippen molar-refractivity contribution in [2.45, 2.75) is 52.5 Å². The second kappa shape index (κ2) is 7.24. The Morgan fingerprint density at radius 1 is 1.20 bits per heavy atom. The van der Waals surface area contributed by atoms with Gasteiger partial charge in [-0.25, -0.2) is 0 Å². The van der Waals surface area contributed by atoms with Crippen LogP contribution in [0.5, 0.6) is 0 Å². The van der Waals surface area contributed by atoms with Gasteiger partial charge in [0.25, 0.3) is 0 Å². The highest BCUT2D eigenvalue weighted by Crippen LogP contribution is 2.22. The maximum atomic E-state index is 5.43.